The first-order valence-electron chi connectivity index (χ1n) is 10.1. The molecule has 0 radical (unpaired) electrons. The fourth-order valence-corrected chi connectivity index (χ4v) is 3.44. The summed E-state index contributed by atoms with van der Waals surface area (Å²) in [6, 6.07) is 19.8. The standard InChI is InChI=1S/C27H24O3/c1-4-19-6-10-21(11-7-19)16-25-26(28)23-14-15-24(18(3)27(23)30-25)29-17-22-12-8-20(5-2)9-13-22/h5-16H,2,4,17H2,1,3H3/b25-16-. The van der Waals surface area contributed by atoms with Crippen molar-refractivity contribution < 1.29 is 14.3 Å². The molecule has 0 N–H and O–H groups in total. The largest absolute Gasteiger partial charge is 0.488 e. The summed E-state index contributed by atoms with van der Waals surface area (Å²) in [5.74, 6) is 1.53. The number of Topliss-reactive ketones (excluding diaryl/α,β-unsaturated/α-hetero) is 1. The third-order valence-electron chi connectivity index (χ3n) is 5.33. The van der Waals surface area contributed by atoms with E-state index in [0.717, 1.165) is 28.7 Å². The number of rotatable bonds is 6. The maximum absolute atomic E-state index is 12.8. The maximum atomic E-state index is 12.8. The second-order valence-corrected chi connectivity index (χ2v) is 7.33. The van der Waals surface area contributed by atoms with Crippen LogP contribution in [0.4, 0.5) is 0 Å². The Bertz CT molecular complexity index is 1120. The molecule has 0 saturated heterocycles. The number of ether oxygens (including phenoxy) is 2. The van der Waals surface area contributed by atoms with Crippen LogP contribution in [-0.2, 0) is 13.0 Å². The van der Waals surface area contributed by atoms with Gasteiger partial charge in [0, 0.05) is 5.56 Å². The van der Waals surface area contributed by atoms with Gasteiger partial charge in [-0.05, 0) is 53.8 Å². The minimum Gasteiger partial charge on any atom is -0.488 e. The van der Waals surface area contributed by atoms with E-state index >= 15 is 0 Å². The van der Waals surface area contributed by atoms with Crippen LogP contribution in [0.15, 0.2) is 73.0 Å². The monoisotopic (exact) mass is 396 g/mol. The zero-order valence-electron chi connectivity index (χ0n) is 17.3. The van der Waals surface area contributed by atoms with Crippen molar-refractivity contribution in [1.29, 1.82) is 0 Å². The SMILES string of the molecule is C=Cc1ccc(COc2ccc3c(c2C)O/C(=C\c2ccc(CC)cc2)C3=O)cc1. The van der Waals surface area contributed by atoms with E-state index in [0.29, 0.717) is 29.4 Å². The number of aryl methyl sites for hydroxylation is 1. The molecule has 0 saturated carbocycles. The van der Waals surface area contributed by atoms with Crippen LogP contribution >= 0.6 is 0 Å². The number of carbonyl (C=O) groups is 1. The van der Waals surface area contributed by atoms with Crippen LogP contribution in [0.2, 0.25) is 0 Å². The number of carbonyl (C=O) groups excluding carboxylic acids is 1. The molecular weight excluding hydrogens is 372 g/mol. The second kappa shape index (κ2) is 8.42. The first kappa shape index (κ1) is 19.7. The molecule has 0 atom stereocenters. The lowest BCUT2D eigenvalue weighted by Crippen LogP contribution is -1.98. The Labute approximate surface area is 177 Å². The van der Waals surface area contributed by atoms with Crippen molar-refractivity contribution in [2.75, 3.05) is 0 Å². The molecule has 3 aromatic rings. The molecule has 0 spiro atoms. The van der Waals surface area contributed by atoms with Gasteiger partial charge in [0.25, 0.3) is 0 Å². The van der Waals surface area contributed by atoms with Crippen molar-refractivity contribution in [1.82, 2.24) is 0 Å². The predicted octanol–water partition coefficient (Wildman–Crippen LogP) is 6.40. The van der Waals surface area contributed by atoms with Gasteiger partial charge in [0.1, 0.15) is 18.1 Å². The molecule has 1 aliphatic heterocycles. The molecule has 3 aromatic carbocycles. The average molecular weight is 396 g/mol. The van der Waals surface area contributed by atoms with Gasteiger partial charge in [-0.2, -0.15) is 0 Å². The molecule has 3 nitrogen and oxygen atoms in total. The van der Waals surface area contributed by atoms with Gasteiger partial charge in [-0.25, -0.2) is 0 Å². The molecule has 0 amide bonds. The average Bonchev–Trinajstić information content (AvgIpc) is 3.10. The highest BCUT2D eigenvalue weighted by atomic mass is 16.5. The lowest BCUT2D eigenvalue weighted by Gasteiger charge is -2.11. The van der Waals surface area contributed by atoms with E-state index in [1.54, 1.807) is 12.1 Å². The van der Waals surface area contributed by atoms with Crippen molar-refractivity contribution in [3.63, 3.8) is 0 Å². The number of hydrogen-bond acceptors (Lipinski definition) is 3. The molecule has 30 heavy (non-hydrogen) atoms. The zero-order valence-corrected chi connectivity index (χ0v) is 17.3. The summed E-state index contributed by atoms with van der Waals surface area (Å²) in [4.78, 5) is 12.8. The van der Waals surface area contributed by atoms with Crippen molar-refractivity contribution in [3.05, 3.63) is 106 Å². The van der Waals surface area contributed by atoms with Gasteiger partial charge in [0.2, 0.25) is 5.78 Å². The quantitative estimate of drug-likeness (QED) is 0.453. The normalized spacial score (nSPS) is 13.8. The molecule has 1 aliphatic rings. The lowest BCUT2D eigenvalue weighted by molar-refractivity contribution is 0.101. The van der Waals surface area contributed by atoms with E-state index in [-0.39, 0.29) is 5.78 Å². The van der Waals surface area contributed by atoms with Gasteiger partial charge in [0.15, 0.2) is 5.76 Å². The highest BCUT2D eigenvalue weighted by Gasteiger charge is 2.30. The Morgan fingerprint density at radius 1 is 0.933 bits per heavy atom. The summed E-state index contributed by atoms with van der Waals surface area (Å²) in [6.45, 7) is 8.25. The molecule has 1 heterocycles. The third-order valence-corrected chi connectivity index (χ3v) is 5.33. The van der Waals surface area contributed by atoms with Crippen molar-refractivity contribution >= 4 is 17.9 Å². The Morgan fingerprint density at radius 3 is 2.27 bits per heavy atom. The van der Waals surface area contributed by atoms with Crippen LogP contribution in [-0.4, -0.2) is 5.78 Å². The van der Waals surface area contributed by atoms with Gasteiger partial charge in [-0.1, -0.05) is 68.1 Å². The van der Waals surface area contributed by atoms with Gasteiger partial charge in [-0.15, -0.1) is 0 Å². The predicted molar refractivity (Wildman–Crippen MR) is 121 cm³/mol. The van der Waals surface area contributed by atoms with Gasteiger partial charge < -0.3 is 9.47 Å². The van der Waals surface area contributed by atoms with Crippen molar-refractivity contribution in [2.45, 2.75) is 26.9 Å². The van der Waals surface area contributed by atoms with Crippen molar-refractivity contribution in [3.8, 4) is 11.5 Å². The number of fused-ring (bicyclic) bond motifs is 1. The van der Waals surface area contributed by atoms with Crippen LogP contribution in [0.3, 0.4) is 0 Å². The highest BCUT2D eigenvalue weighted by molar-refractivity contribution is 6.14. The summed E-state index contributed by atoms with van der Waals surface area (Å²) < 4.78 is 12.0. The van der Waals surface area contributed by atoms with Gasteiger partial charge in [0.05, 0.1) is 5.56 Å². The summed E-state index contributed by atoms with van der Waals surface area (Å²) in [6.07, 6.45) is 4.59. The van der Waals surface area contributed by atoms with E-state index in [1.165, 1.54) is 5.56 Å². The van der Waals surface area contributed by atoms with E-state index in [9.17, 15) is 4.79 Å². The summed E-state index contributed by atoms with van der Waals surface area (Å²) in [5, 5.41) is 0. The molecule has 150 valence electrons. The van der Waals surface area contributed by atoms with Crippen LogP contribution in [0, 0.1) is 6.92 Å². The zero-order chi connectivity index (χ0) is 21.1. The van der Waals surface area contributed by atoms with Crippen LogP contribution < -0.4 is 9.47 Å². The Hall–Kier alpha value is -3.59. The Kier molecular flexibility index (Phi) is 5.53. The summed E-state index contributed by atoms with van der Waals surface area (Å²) in [5.41, 5.74) is 5.74. The maximum Gasteiger partial charge on any atom is 0.231 e. The Morgan fingerprint density at radius 2 is 1.60 bits per heavy atom. The third kappa shape index (κ3) is 3.92. The van der Waals surface area contributed by atoms with Crippen molar-refractivity contribution in [2.24, 2.45) is 0 Å². The fourth-order valence-electron chi connectivity index (χ4n) is 3.44. The highest BCUT2D eigenvalue weighted by Crippen LogP contribution is 2.39. The molecule has 4 rings (SSSR count). The minimum absolute atomic E-state index is 0.0979. The smallest absolute Gasteiger partial charge is 0.231 e. The number of ketones is 1. The van der Waals surface area contributed by atoms with E-state index in [2.05, 4.69) is 25.6 Å². The van der Waals surface area contributed by atoms with Crippen LogP contribution in [0.5, 0.6) is 11.5 Å². The van der Waals surface area contributed by atoms with Gasteiger partial charge in [-0.3, -0.25) is 4.79 Å². The van der Waals surface area contributed by atoms with Crippen LogP contribution in [0.25, 0.3) is 12.2 Å². The second-order valence-electron chi connectivity index (χ2n) is 7.33. The number of allylic oxidation sites excluding steroid dienone is 1. The fraction of sp³-hybridized carbons (Fsp3) is 0.148. The van der Waals surface area contributed by atoms with E-state index < -0.39 is 0 Å². The topological polar surface area (TPSA) is 35.5 Å². The molecular formula is C27H24O3. The molecule has 0 aliphatic carbocycles. The van der Waals surface area contributed by atoms with E-state index in [1.807, 2.05) is 55.5 Å². The summed E-state index contributed by atoms with van der Waals surface area (Å²) >= 11 is 0. The molecule has 0 fully saturated rings. The molecule has 0 unspecified atom stereocenters. The molecule has 3 heteroatoms. The first-order chi connectivity index (χ1) is 14.6. The summed E-state index contributed by atoms with van der Waals surface area (Å²) in [7, 11) is 0. The first-order valence-corrected chi connectivity index (χ1v) is 10.1. The minimum atomic E-state index is -0.0979. The number of hydrogen-bond donors (Lipinski definition) is 0. The lowest BCUT2D eigenvalue weighted by atomic mass is 10.0. The van der Waals surface area contributed by atoms with Crippen LogP contribution in [0.1, 0.15) is 45.1 Å². The molecule has 0 bridgehead atoms. The van der Waals surface area contributed by atoms with E-state index in [4.69, 9.17) is 9.47 Å². The number of benzene rings is 3. The Balaban J connectivity index is 1.53. The van der Waals surface area contributed by atoms with Gasteiger partial charge >= 0.3 is 0 Å². The molecule has 0 aromatic heterocycles.